The molecule has 142 valence electrons. The van der Waals surface area contributed by atoms with Crippen molar-refractivity contribution in [3.63, 3.8) is 0 Å². The minimum atomic E-state index is -4.65. The van der Waals surface area contributed by atoms with Crippen molar-refractivity contribution in [3.05, 3.63) is 39.5 Å². The van der Waals surface area contributed by atoms with E-state index in [1.54, 1.807) is 4.90 Å². The highest BCUT2D eigenvalue weighted by molar-refractivity contribution is 6.35. The molecule has 1 unspecified atom stereocenters. The highest BCUT2D eigenvalue weighted by Crippen LogP contribution is 2.35. The maximum Gasteiger partial charge on any atom is 0.431 e. The van der Waals surface area contributed by atoms with Gasteiger partial charge in [0, 0.05) is 48.0 Å². The zero-order valence-corrected chi connectivity index (χ0v) is 15.5. The third-order valence-electron chi connectivity index (χ3n) is 4.41. The quantitative estimate of drug-likeness (QED) is 0.791. The van der Waals surface area contributed by atoms with E-state index in [4.69, 9.17) is 28.9 Å². The minimum Gasteiger partial charge on any atom is -0.331 e. The number of hydrogen-bond acceptors (Lipinski definition) is 5. The first-order valence-electron chi connectivity index (χ1n) is 7.92. The minimum absolute atomic E-state index is 0.155. The molecule has 1 aromatic rings. The molecule has 26 heavy (non-hydrogen) atoms. The molecular formula is C16H18Cl2F3N5. The van der Waals surface area contributed by atoms with Crippen molar-refractivity contribution in [1.82, 2.24) is 15.1 Å². The van der Waals surface area contributed by atoms with Crippen molar-refractivity contribution in [2.75, 3.05) is 33.2 Å². The normalized spacial score (nSPS) is 25.5. The lowest BCUT2D eigenvalue weighted by Gasteiger charge is -2.44. The Balaban J connectivity index is 1.99. The summed E-state index contributed by atoms with van der Waals surface area (Å²) < 4.78 is 41.2. The van der Waals surface area contributed by atoms with Crippen LogP contribution in [0, 0.1) is 0 Å². The van der Waals surface area contributed by atoms with Gasteiger partial charge in [-0.15, -0.1) is 0 Å². The summed E-state index contributed by atoms with van der Waals surface area (Å²) in [6.07, 6.45) is -3.51. The first-order chi connectivity index (χ1) is 12.1. The lowest BCUT2D eigenvalue weighted by molar-refractivity contribution is -0.105. The van der Waals surface area contributed by atoms with E-state index in [9.17, 15) is 13.2 Å². The number of allylic oxidation sites excluding steroid dienone is 2. The van der Waals surface area contributed by atoms with Crippen LogP contribution in [0.5, 0.6) is 0 Å². The predicted molar refractivity (Wildman–Crippen MR) is 97.1 cm³/mol. The predicted octanol–water partition coefficient (Wildman–Crippen LogP) is 2.76. The Morgan fingerprint density at radius 2 is 1.69 bits per heavy atom. The summed E-state index contributed by atoms with van der Waals surface area (Å²) in [5.41, 5.74) is 5.27. The van der Waals surface area contributed by atoms with Crippen molar-refractivity contribution in [2.45, 2.75) is 12.1 Å². The molecule has 0 bridgehead atoms. The van der Waals surface area contributed by atoms with Crippen molar-refractivity contribution in [3.8, 4) is 0 Å². The second-order valence-electron chi connectivity index (χ2n) is 6.34. The van der Waals surface area contributed by atoms with E-state index < -0.39 is 17.8 Å². The van der Waals surface area contributed by atoms with E-state index in [1.165, 1.54) is 18.2 Å². The van der Waals surface area contributed by atoms with Crippen LogP contribution < -0.4 is 11.1 Å². The van der Waals surface area contributed by atoms with Gasteiger partial charge in [0.2, 0.25) is 5.91 Å². The number of piperazine rings is 1. The van der Waals surface area contributed by atoms with Crippen LogP contribution >= 0.6 is 23.2 Å². The molecule has 3 N–H and O–H groups in total. The first-order valence-corrected chi connectivity index (χ1v) is 8.68. The smallest absolute Gasteiger partial charge is 0.331 e. The van der Waals surface area contributed by atoms with Gasteiger partial charge < -0.3 is 10.2 Å². The van der Waals surface area contributed by atoms with Gasteiger partial charge in [0.25, 0.3) is 0 Å². The van der Waals surface area contributed by atoms with Crippen LogP contribution in [0.2, 0.25) is 10.0 Å². The molecule has 5 nitrogen and oxygen atoms in total. The first kappa shape index (κ1) is 19.4. The summed E-state index contributed by atoms with van der Waals surface area (Å²) >= 11 is 11.9. The van der Waals surface area contributed by atoms with Crippen molar-refractivity contribution in [1.29, 1.82) is 0 Å². The zero-order chi connectivity index (χ0) is 19.1. The zero-order valence-electron chi connectivity index (χ0n) is 13.9. The van der Waals surface area contributed by atoms with Gasteiger partial charge in [0.15, 0.2) is 0 Å². The molecule has 0 aromatic heterocycles. The molecule has 2 aliphatic rings. The molecule has 1 fully saturated rings. The molecule has 1 aromatic carbocycles. The summed E-state index contributed by atoms with van der Waals surface area (Å²) in [6.45, 7) is 2.39. The molecule has 0 amide bonds. The van der Waals surface area contributed by atoms with Gasteiger partial charge in [-0.25, -0.2) is 9.89 Å². The Morgan fingerprint density at radius 3 is 2.23 bits per heavy atom. The van der Waals surface area contributed by atoms with Crippen molar-refractivity contribution < 1.29 is 13.2 Å². The molecule has 1 atom stereocenters. The molecule has 0 saturated carbocycles. The second-order valence-corrected chi connectivity index (χ2v) is 7.22. The fraction of sp³-hybridized carbons (Fsp3) is 0.438. The van der Waals surface area contributed by atoms with E-state index >= 15 is 0 Å². The third kappa shape index (κ3) is 3.99. The Morgan fingerprint density at radius 1 is 1.12 bits per heavy atom. The Labute approximate surface area is 159 Å². The van der Waals surface area contributed by atoms with Gasteiger partial charge in [-0.3, -0.25) is 5.73 Å². The van der Waals surface area contributed by atoms with Gasteiger partial charge in [-0.05, 0) is 30.8 Å². The fourth-order valence-corrected chi connectivity index (χ4v) is 3.50. The largest absolute Gasteiger partial charge is 0.431 e. The number of rotatable bonds is 2. The molecule has 0 radical (unpaired) electrons. The van der Waals surface area contributed by atoms with Crippen LogP contribution in [-0.2, 0) is 0 Å². The van der Waals surface area contributed by atoms with Gasteiger partial charge >= 0.3 is 6.18 Å². The highest BCUT2D eigenvalue weighted by Gasteiger charge is 2.45. The lowest BCUT2D eigenvalue weighted by atomic mass is 10.0. The summed E-state index contributed by atoms with van der Waals surface area (Å²) in [5, 5.41) is 2.87. The van der Waals surface area contributed by atoms with Crippen LogP contribution in [0.3, 0.4) is 0 Å². The molecule has 2 heterocycles. The molecule has 1 saturated heterocycles. The number of aliphatic imine (C=N–C) groups is 1. The average Bonchev–Trinajstić information content (AvgIpc) is 2.53. The molecule has 10 heteroatoms. The average molecular weight is 408 g/mol. The van der Waals surface area contributed by atoms with E-state index in [1.807, 2.05) is 7.05 Å². The Bertz CT molecular complexity index is 736. The van der Waals surface area contributed by atoms with Gasteiger partial charge in [0.1, 0.15) is 5.70 Å². The van der Waals surface area contributed by atoms with E-state index in [2.05, 4.69) is 15.2 Å². The van der Waals surface area contributed by atoms with Crippen LogP contribution in [0.1, 0.15) is 5.56 Å². The number of nitrogens with two attached hydrogens (primary N) is 1. The van der Waals surface area contributed by atoms with Gasteiger partial charge in [-0.2, -0.15) is 13.2 Å². The van der Waals surface area contributed by atoms with Crippen LogP contribution in [0.25, 0.3) is 5.57 Å². The molecule has 0 spiro atoms. The maximum atomic E-state index is 13.7. The molecule has 0 aliphatic carbocycles. The number of halogens is 5. The Hall–Kier alpha value is -1.32. The molecule has 3 rings (SSSR count). The van der Waals surface area contributed by atoms with Crippen molar-refractivity contribution in [2.24, 2.45) is 10.7 Å². The highest BCUT2D eigenvalue weighted by atomic mass is 35.5. The van der Waals surface area contributed by atoms with E-state index in [-0.39, 0.29) is 21.2 Å². The van der Waals surface area contributed by atoms with Crippen LogP contribution in [0.4, 0.5) is 13.2 Å². The lowest BCUT2D eigenvalue weighted by Crippen LogP contribution is -2.69. The number of alkyl halides is 3. The number of benzene rings is 1. The van der Waals surface area contributed by atoms with Crippen LogP contribution in [0.15, 0.2) is 28.9 Å². The fourth-order valence-electron chi connectivity index (χ4n) is 2.97. The van der Waals surface area contributed by atoms with Gasteiger partial charge in [0.05, 0.1) is 0 Å². The summed E-state index contributed by atoms with van der Waals surface area (Å²) in [4.78, 5) is 7.96. The van der Waals surface area contributed by atoms with E-state index in [0.29, 0.717) is 26.2 Å². The Kier molecular flexibility index (Phi) is 5.24. The number of nitrogens with one attached hydrogen (secondary N) is 1. The number of likely N-dealkylation sites (N-methyl/N-ethyl adjacent to an activating group) is 1. The topological polar surface area (TPSA) is 56.9 Å². The molecular weight excluding hydrogens is 390 g/mol. The molecule has 2 aliphatic heterocycles. The maximum absolute atomic E-state index is 13.7. The van der Waals surface area contributed by atoms with Crippen LogP contribution in [-0.4, -0.2) is 61.3 Å². The number of hydrogen-bond donors (Lipinski definition) is 2. The summed E-state index contributed by atoms with van der Waals surface area (Å²) in [6, 6.07) is 4.26. The second kappa shape index (κ2) is 7.01. The number of nitrogens with zero attached hydrogens (tertiary/aromatic N) is 3. The van der Waals surface area contributed by atoms with Crippen molar-refractivity contribution >= 4 is 35.0 Å². The monoisotopic (exact) mass is 407 g/mol. The third-order valence-corrected chi connectivity index (χ3v) is 4.85. The SMILES string of the molecule is CN1CCN(C2(N)N=CC(c3cc(Cl)cc(Cl)c3)=C(C(F)(F)F)N2)CC1. The summed E-state index contributed by atoms with van der Waals surface area (Å²) in [7, 11) is 1.94. The standard InChI is InChI=1S/C16H18Cl2F3N5/c1-25-2-4-26(5-3-25)16(22)23-9-13(14(24-16)15(19,20)21)10-6-11(17)8-12(18)7-10/h6-9,24H,2-5,22H2,1H3. The van der Waals surface area contributed by atoms with Gasteiger partial charge in [-0.1, -0.05) is 23.2 Å². The van der Waals surface area contributed by atoms with E-state index in [0.717, 1.165) is 6.21 Å². The summed E-state index contributed by atoms with van der Waals surface area (Å²) in [5.74, 6) is -1.65.